The summed E-state index contributed by atoms with van der Waals surface area (Å²) in [5.41, 5.74) is 1.26. The summed E-state index contributed by atoms with van der Waals surface area (Å²) in [5, 5.41) is 5.54. The van der Waals surface area contributed by atoms with Crippen LogP contribution in [0.1, 0.15) is 16.5 Å². The van der Waals surface area contributed by atoms with E-state index in [4.69, 9.17) is 4.42 Å². The summed E-state index contributed by atoms with van der Waals surface area (Å²) in [6.45, 7) is 4.32. The van der Waals surface area contributed by atoms with Crippen LogP contribution in [0.25, 0.3) is 0 Å². The van der Waals surface area contributed by atoms with Gasteiger partial charge in [-0.3, -0.25) is 4.90 Å². The van der Waals surface area contributed by atoms with Crippen molar-refractivity contribution in [3.63, 3.8) is 0 Å². The number of nitrogens with one attached hydrogen (secondary N) is 1. The average Bonchev–Trinajstić information content (AvgIpc) is 3.04. The number of hydrogen-bond acceptors (Lipinski definition) is 4. The van der Waals surface area contributed by atoms with Gasteiger partial charge in [0.2, 0.25) is 0 Å². The standard InChI is InChI=1S/C13H16N2OS/c1-2-12(17-9-1)13(11-3-8-16-10-11)15-6-4-14-5-7-15/h1-3,8-10,13-14H,4-7H2/t13-/m1/s1. The smallest absolute Gasteiger partial charge is 0.0954 e. The Hall–Kier alpha value is -1.10. The lowest BCUT2D eigenvalue weighted by molar-refractivity contribution is 0.200. The van der Waals surface area contributed by atoms with Crippen LogP contribution in [0.15, 0.2) is 40.5 Å². The molecule has 4 heteroatoms. The maximum absolute atomic E-state index is 5.25. The molecule has 0 bridgehead atoms. The molecule has 1 saturated heterocycles. The van der Waals surface area contributed by atoms with Crippen molar-refractivity contribution in [2.75, 3.05) is 26.2 Å². The fraction of sp³-hybridized carbons (Fsp3) is 0.385. The summed E-state index contributed by atoms with van der Waals surface area (Å²) in [6.07, 6.45) is 3.63. The number of thiophene rings is 1. The van der Waals surface area contributed by atoms with Crippen molar-refractivity contribution in [3.8, 4) is 0 Å². The molecular formula is C13H16N2OS. The van der Waals surface area contributed by atoms with Gasteiger partial charge in [-0.2, -0.15) is 0 Å². The molecule has 2 aromatic rings. The summed E-state index contributed by atoms with van der Waals surface area (Å²) >= 11 is 1.82. The van der Waals surface area contributed by atoms with Crippen LogP contribution in [0, 0.1) is 0 Å². The lowest BCUT2D eigenvalue weighted by Crippen LogP contribution is -2.45. The van der Waals surface area contributed by atoms with Crippen molar-refractivity contribution in [1.29, 1.82) is 0 Å². The highest BCUT2D eigenvalue weighted by Crippen LogP contribution is 2.32. The molecule has 17 heavy (non-hydrogen) atoms. The molecule has 3 heterocycles. The number of rotatable bonds is 3. The van der Waals surface area contributed by atoms with E-state index in [0.29, 0.717) is 6.04 Å². The van der Waals surface area contributed by atoms with E-state index < -0.39 is 0 Å². The maximum atomic E-state index is 5.25. The lowest BCUT2D eigenvalue weighted by atomic mass is 10.1. The molecule has 1 atom stereocenters. The van der Waals surface area contributed by atoms with Crippen molar-refractivity contribution in [2.24, 2.45) is 0 Å². The van der Waals surface area contributed by atoms with Gasteiger partial charge in [0.25, 0.3) is 0 Å². The molecule has 0 amide bonds. The van der Waals surface area contributed by atoms with Gasteiger partial charge in [-0.1, -0.05) is 6.07 Å². The van der Waals surface area contributed by atoms with Crippen LogP contribution in [0.4, 0.5) is 0 Å². The molecule has 0 saturated carbocycles. The van der Waals surface area contributed by atoms with Crippen LogP contribution in [0.5, 0.6) is 0 Å². The van der Waals surface area contributed by atoms with Crippen LogP contribution in [0.3, 0.4) is 0 Å². The van der Waals surface area contributed by atoms with Crippen LogP contribution < -0.4 is 5.32 Å². The van der Waals surface area contributed by atoms with Crippen LogP contribution >= 0.6 is 11.3 Å². The molecule has 1 fully saturated rings. The first-order valence-corrected chi connectivity index (χ1v) is 6.83. The zero-order chi connectivity index (χ0) is 11.5. The quantitative estimate of drug-likeness (QED) is 0.903. The SMILES string of the molecule is c1csc([C@@H](c2ccoc2)N2CCNCC2)c1. The molecule has 3 rings (SSSR count). The average molecular weight is 248 g/mol. The Balaban J connectivity index is 1.91. The molecule has 0 aliphatic carbocycles. The predicted octanol–water partition coefficient (Wildman–Crippen LogP) is 2.34. The minimum atomic E-state index is 0.357. The summed E-state index contributed by atoms with van der Waals surface area (Å²) < 4.78 is 5.25. The predicted molar refractivity (Wildman–Crippen MR) is 69.3 cm³/mol. The summed E-state index contributed by atoms with van der Waals surface area (Å²) in [7, 11) is 0. The van der Waals surface area contributed by atoms with E-state index in [1.54, 1.807) is 6.26 Å². The first-order chi connectivity index (χ1) is 8.45. The van der Waals surface area contributed by atoms with E-state index in [9.17, 15) is 0 Å². The highest BCUT2D eigenvalue weighted by Gasteiger charge is 2.25. The first-order valence-electron chi connectivity index (χ1n) is 5.95. The number of hydrogen-bond donors (Lipinski definition) is 1. The molecule has 1 N–H and O–H groups in total. The number of piperazine rings is 1. The van der Waals surface area contributed by atoms with Gasteiger partial charge in [0.15, 0.2) is 0 Å². The molecular weight excluding hydrogens is 232 g/mol. The molecule has 1 aliphatic rings. The van der Waals surface area contributed by atoms with Crippen molar-refractivity contribution in [2.45, 2.75) is 6.04 Å². The Morgan fingerprint density at radius 1 is 1.29 bits per heavy atom. The van der Waals surface area contributed by atoms with Crippen molar-refractivity contribution in [1.82, 2.24) is 10.2 Å². The third kappa shape index (κ3) is 2.29. The van der Waals surface area contributed by atoms with Gasteiger partial charge in [-0.15, -0.1) is 11.3 Å². The first kappa shape index (κ1) is 11.0. The summed E-state index contributed by atoms with van der Waals surface area (Å²) in [6, 6.07) is 6.77. The Kier molecular flexibility index (Phi) is 3.27. The van der Waals surface area contributed by atoms with Gasteiger partial charge in [-0.25, -0.2) is 0 Å². The van der Waals surface area contributed by atoms with E-state index in [-0.39, 0.29) is 0 Å². The van der Waals surface area contributed by atoms with E-state index in [1.165, 1.54) is 10.4 Å². The molecule has 0 unspecified atom stereocenters. The fourth-order valence-corrected chi connectivity index (χ4v) is 3.26. The molecule has 0 aromatic carbocycles. The Morgan fingerprint density at radius 2 is 2.18 bits per heavy atom. The van der Waals surface area contributed by atoms with Gasteiger partial charge < -0.3 is 9.73 Å². The minimum absolute atomic E-state index is 0.357. The highest BCUT2D eigenvalue weighted by atomic mass is 32.1. The summed E-state index contributed by atoms with van der Waals surface area (Å²) in [5.74, 6) is 0. The van der Waals surface area contributed by atoms with Gasteiger partial charge in [0, 0.05) is 36.6 Å². The largest absolute Gasteiger partial charge is 0.472 e. The number of furan rings is 1. The minimum Gasteiger partial charge on any atom is -0.472 e. The van der Waals surface area contributed by atoms with E-state index in [0.717, 1.165) is 26.2 Å². The Labute approximate surface area is 105 Å². The topological polar surface area (TPSA) is 28.4 Å². The summed E-state index contributed by atoms with van der Waals surface area (Å²) in [4.78, 5) is 3.92. The highest BCUT2D eigenvalue weighted by molar-refractivity contribution is 7.10. The zero-order valence-electron chi connectivity index (χ0n) is 9.63. The molecule has 3 nitrogen and oxygen atoms in total. The monoisotopic (exact) mass is 248 g/mol. The third-order valence-corrected chi connectivity index (χ3v) is 4.11. The lowest BCUT2D eigenvalue weighted by Gasteiger charge is -2.33. The van der Waals surface area contributed by atoms with Gasteiger partial charge >= 0.3 is 0 Å². The molecule has 90 valence electrons. The van der Waals surface area contributed by atoms with E-state index in [2.05, 4.69) is 33.8 Å². The zero-order valence-corrected chi connectivity index (χ0v) is 10.5. The Bertz CT molecular complexity index is 398. The number of nitrogens with zero attached hydrogens (tertiary/aromatic N) is 1. The van der Waals surface area contributed by atoms with Crippen molar-refractivity contribution < 1.29 is 4.42 Å². The van der Waals surface area contributed by atoms with Gasteiger partial charge in [-0.05, 0) is 17.5 Å². The second-order valence-electron chi connectivity index (χ2n) is 4.26. The fourth-order valence-electron chi connectivity index (χ4n) is 2.37. The van der Waals surface area contributed by atoms with Crippen molar-refractivity contribution in [3.05, 3.63) is 46.5 Å². The normalized spacial score (nSPS) is 19.3. The second-order valence-corrected chi connectivity index (χ2v) is 5.24. The van der Waals surface area contributed by atoms with Crippen LogP contribution in [-0.2, 0) is 0 Å². The van der Waals surface area contributed by atoms with Gasteiger partial charge in [0.05, 0.1) is 18.6 Å². The maximum Gasteiger partial charge on any atom is 0.0954 e. The molecule has 1 aliphatic heterocycles. The van der Waals surface area contributed by atoms with Crippen LogP contribution in [-0.4, -0.2) is 31.1 Å². The van der Waals surface area contributed by atoms with Crippen molar-refractivity contribution >= 4 is 11.3 Å². The van der Waals surface area contributed by atoms with E-state index in [1.807, 2.05) is 17.6 Å². The third-order valence-electron chi connectivity index (χ3n) is 3.19. The molecule has 0 radical (unpaired) electrons. The Morgan fingerprint density at radius 3 is 2.82 bits per heavy atom. The molecule has 0 spiro atoms. The molecule has 2 aromatic heterocycles. The van der Waals surface area contributed by atoms with Crippen LogP contribution in [0.2, 0.25) is 0 Å². The van der Waals surface area contributed by atoms with Gasteiger partial charge in [0.1, 0.15) is 0 Å². The van der Waals surface area contributed by atoms with E-state index >= 15 is 0 Å². The second kappa shape index (κ2) is 5.04.